The molecule has 4 nitrogen and oxygen atoms in total. The molecule has 1 heterocycles. The van der Waals surface area contributed by atoms with Crippen LogP contribution in [0.25, 0.3) is 5.69 Å². The minimum atomic E-state index is -0.0730. The monoisotopic (exact) mass is 264 g/mol. The zero-order chi connectivity index (χ0) is 13.1. The van der Waals surface area contributed by atoms with Crippen LogP contribution in [0.15, 0.2) is 24.3 Å². The Labute approximate surface area is 112 Å². The van der Waals surface area contributed by atoms with Crippen molar-refractivity contribution in [1.29, 1.82) is 0 Å². The quantitative estimate of drug-likeness (QED) is 0.924. The lowest BCUT2D eigenvalue weighted by Gasteiger charge is -2.10. The van der Waals surface area contributed by atoms with Gasteiger partial charge >= 0.3 is 0 Å². The summed E-state index contributed by atoms with van der Waals surface area (Å²) < 4.78 is 1.78. The van der Waals surface area contributed by atoms with Gasteiger partial charge in [-0.1, -0.05) is 42.8 Å². The van der Waals surface area contributed by atoms with E-state index in [0.717, 1.165) is 29.9 Å². The second kappa shape index (κ2) is 5.50. The molecule has 5 heteroatoms. The molecular weight excluding hydrogens is 248 g/mol. The van der Waals surface area contributed by atoms with Crippen molar-refractivity contribution in [2.45, 2.75) is 32.7 Å². The van der Waals surface area contributed by atoms with Crippen LogP contribution >= 0.6 is 11.6 Å². The predicted molar refractivity (Wildman–Crippen MR) is 73.0 cm³/mol. The first kappa shape index (κ1) is 13.1. The van der Waals surface area contributed by atoms with Gasteiger partial charge in [0.15, 0.2) is 0 Å². The molecule has 0 saturated carbocycles. The molecule has 0 aliphatic carbocycles. The molecule has 0 aliphatic heterocycles. The summed E-state index contributed by atoms with van der Waals surface area (Å²) in [4.78, 5) is 0. The molecule has 0 aliphatic rings. The molecule has 2 N–H and O–H groups in total. The van der Waals surface area contributed by atoms with Crippen LogP contribution in [0.1, 0.15) is 37.7 Å². The summed E-state index contributed by atoms with van der Waals surface area (Å²) in [6, 6.07) is 7.53. The SMILES string of the molecule is CCc1c(C(N)CC)nnn1-c1ccccc1Cl. The summed E-state index contributed by atoms with van der Waals surface area (Å²) in [6.07, 6.45) is 1.66. The number of halogens is 1. The first-order chi connectivity index (χ1) is 8.69. The van der Waals surface area contributed by atoms with E-state index < -0.39 is 0 Å². The first-order valence-corrected chi connectivity index (χ1v) is 6.51. The molecular formula is C13H17ClN4. The van der Waals surface area contributed by atoms with Gasteiger partial charge in [-0.3, -0.25) is 0 Å². The number of para-hydroxylation sites is 1. The summed E-state index contributed by atoms with van der Waals surface area (Å²) in [5, 5.41) is 9.05. The van der Waals surface area contributed by atoms with Crippen LogP contribution in [-0.2, 0) is 6.42 Å². The lowest BCUT2D eigenvalue weighted by Crippen LogP contribution is -2.12. The van der Waals surface area contributed by atoms with Crippen LogP contribution in [0.2, 0.25) is 5.02 Å². The van der Waals surface area contributed by atoms with Crippen LogP contribution < -0.4 is 5.73 Å². The third-order valence-corrected chi connectivity index (χ3v) is 3.32. The molecule has 2 aromatic rings. The molecule has 1 atom stereocenters. The van der Waals surface area contributed by atoms with E-state index in [2.05, 4.69) is 17.2 Å². The number of rotatable bonds is 4. The van der Waals surface area contributed by atoms with E-state index in [1.54, 1.807) is 4.68 Å². The number of nitrogens with two attached hydrogens (primary N) is 1. The van der Waals surface area contributed by atoms with Crippen LogP contribution in [0, 0.1) is 0 Å². The Balaban J connectivity index is 2.53. The Bertz CT molecular complexity index is 536. The van der Waals surface area contributed by atoms with Gasteiger partial charge < -0.3 is 5.73 Å². The van der Waals surface area contributed by atoms with Crippen molar-refractivity contribution in [3.8, 4) is 5.69 Å². The fourth-order valence-corrected chi connectivity index (χ4v) is 2.16. The second-order valence-corrected chi connectivity index (χ2v) is 4.56. The molecule has 18 heavy (non-hydrogen) atoms. The Morgan fingerprint density at radius 3 is 2.67 bits per heavy atom. The van der Waals surface area contributed by atoms with Gasteiger partial charge in [0.05, 0.1) is 22.4 Å². The van der Waals surface area contributed by atoms with Crippen molar-refractivity contribution in [2.24, 2.45) is 5.73 Å². The molecule has 96 valence electrons. The highest BCUT2D eigenvalue weighted by Crippen LogP contribution is 2.24. The predicted octanol–water partition coefficient (Wildman–Crippen LogP) is 2.89. The van der Waals surface area contributed by atoms with Crippen molar-refractivity contribution in [3.63, 3.8) is 0 Å². The number of benzene rings is 1. The molecule has 0 spiro atoms. The highest BCUT2D eigenvalue weighted by atomic mass is 35.5. The Hall–Kier alpha value is -1.39. The van der Waals surface area contributed by atoms with E-state index in [0.29, 0.717) is 5.02 Å². The maximum absolute atomic E-state index is 6.19. The maximum atomic E-state index is 6.19. The van der Waals surface area contributed by atoms with Gasteiger partial charge in [0.2, 0.25) is 0 Å². The van der Waals surface area contributed by atoms with E-state index in [1.807, 2.05) is 31.2 Å². The zero-order valence-electron chi connectivity index (χ0n) is 10.6. The highest BCUT2D eigenvalue weighted by molar-refractivity contribution is 6.32. The molecule has 2 rings (SSSR count). The normalized spacial score (nSPS) is 12.7. The minimum Gasteiger partial charge on any atom is -0.323 e. The largest absolute Gasteiger partial charge is 0.323 e. The van der Waals surface area contributed by atoms with E-state index in [-0.39, 0.29) is 6.04 Å². The lowest BCUT2D eigenvalue weighted by atomic mass is 10.1. The highest BCUT2D eigenvalue weighted by Gasteiger charge is 2.18. The smallest absolute Gasteiger partial charge is 0.103 e. The van der Waals surface area contributed by atoms with Gasteiger partial charge in [-0.25, -0.2) is 4.68 Å². The minimum absolute atomic E-state index is 0.0730. The van der Waals surface area contributed by atoms with Crippen LogP contribution in [0.4, 0.5) is 0 Å². The Kier molecular flexibility index (Phi) is 3.99. The first-order valence-electron chi connectivity index (χ1n) is 6.14. The molecule has 1 aromatic carbocycles. The number of nitrogens with zero attached hydrogens (tertiary/aromatic N) is 3. The molecule has 0 radical (unpaired) electrons. The third kappa shape index (κ3) is 2.26. The molecule has 1 aromatic heterocycles. The fraction of sp³-hybridized carbons (Fsp3) is 0.385. The van der Waals surface area contributed by atoms with Crippen LogP contribution in [0.3, 0.4) is 0 Å². The average molecular weight is 265 g/mol. The van der Waals surface area contributed by atoms with Gasteiger partial charge in [0.25, 0.3) is 0 Å². The van der Waals surface area contributed by atoms with Crippen LogP contribution in [0.5, 0.6) is 0 Å². The average Bonchev–Trinajstić information content (AvgIpc) is 2.81. The van der Waals surface area contributed by atoms with E-state index >= 15 is 0 Å². The van der Waals surface area contributed by atoms with Gasteiger partial charge in [0, 0.05) is 0 Å². The number of aromatic nitrogens is 3. The van der Waals surface area contributed by atoms with Crippen molar-refractivity contribution < 1.29 is 0 Å². The summed E-state index contributed by atoms with van der Waals surface area (Å²) >= 11 is 6.19. The standard InChI is InChI=1S/C13H17ClN4/c1-3-10(15)13-11(4-2)18(17-16-13)12-8-6-5-7-9(12)14/h5-8,10H,3-4,15H2,1-2H3. The van der Waals surface area contributed by atoms with E-state index in [4.69, 9.17) is 17.3 Å². The number of hydrogen-bond acceptors (Lipinski definition) is 3. The molecule has 0 bridgehead atoms. The van der Waals surface area contributed by atoms with Crippen molar-refractivity contribution >= 4 is 11.6 Å². The van der Waals surface area contributed by atoms with Gasteiger partial charge in [-0.15, -0.1) is 5.10 Å². The van der Waals surface area contributed by atoms with Crippen LogP contribution in [-0.4, -0.2) is 15.0 Å². The van der Waals surface area contributed by atoms with Crippen molar-refractivity contribution in [3.05, 3.63) is 40.7 Å². The van der Waals surface area contributed by atoms with Gasteiger partial charge in [-0.2, -0.15) is 0 Å². The summed E-state index contributed by atoms with van der Waals surface area (Å²) in [6.45, 7) is 4.11. The van der Waals surface area contributed by atoms with Crippen molar-refractivity contribution in [1.82, 2.24) is 15.0 Å². The van der Waals surface area contributed by atoms with Crippen molar-refractivity contribution in [2.75, 3.05) is 0 Å². The second-order valence-electron chi connectivity index (χ2n) is 4.15. The van der Waals surface area contributed by atoms with Gasteiger partial charge in [-0.05, 0) is 25.0 Å². The van der Waals surface area contributed by atoms with Gasteiger partial charge in [0.1, 0.15) is 5.69 Å². The number of hydrogen-bond donors (Lipinski definition) is 1. The summed E-state index contributed by atoms with van der Waals surface area (Å²) in [5.41, 5.74) is 8.78. The maximum Gasteiger partial charge on any atom is 0.103 e. The fourth-order valence-electron chi connectivity index (χ4n) is 1.94. The molecule has 0 saturated heterocycles. The Morgan fingerprint density at radius 2 is 2.06 bits per heavy atom. The molecule has 0 amide bonds. The molecule has 0 fully saturated rings. The molecule has 1 unspecified atom stereocenters. The third-order valence-electron chi connectivity index (χ3n) is 3.00. The Morgan fingerprint density at radius 1 is 1.33 bits per heavy atom. The zero-order valence-corrected chi connectivity index (χ0v) is 11.4. The summed E-state index contributed by atoms with van der Waals surface area (Å²) in [5.74, 6) is 0. The lowest BCUT2D eigenvalue weighted by molar-refractivity contribution is 0.665. The van der Waals surface area contributed by atoms with E-state index in [1.165, 1.54) is 0 Å². The topological polar surface area (TPSA) is 56.7 Å². The van der Waals surface area contributed by atoms with E-state index in [9.17, 15) is 0 Å². The summed E-state index contributed by atoms with van der Waals surface area (Å²) in [7, 11) is 0.